The summed E-state index contributed by atoms with van der Waals surface area (Å²) in [5.41, 5.74) is 1.29. The molecule has 0 bridgehead atoms. The van der Waals surface area contributed by atoms with Crippen LogP contribution in [0.1, 0.15) is 12.0 Å². The van der Waals surface area contributed by atoms with Gasteiger partial charge in [0, 0.05) is 28.6 Å². The normalized spacial score (nSPS) is 20.6. The molecule has 1 fully saturated rings. The van der Waals surface area contributed by atoms with Crippen LogP contribution in [0, 0.1) is 0 Å². The number of likely N-dealkylation sites (N-methyl/N-ethyl adjacent to an activating group) is 1. The minimum atomic E-state index is 0.655. The van der Waals surface area contributed by atoms with Crippen molar-refractivity contribution in [2.45, 2.75) is 19.0 Å². The number of hydrogen-bond donors (Lipinski definition) is 1. The molecule has 1 aromatic rings. The second-order valence-corrected chi connectivity index (χ2v) is 5.59. The van der Waals surface area contributed by atoms with E-state index in [0.717, 1.165) is 29.1 Å². The average molecular weight is 304 g/mol. The Labute approximate surface area is 110 Å². The minimum absolute atomic E-state index is 0.655. The molecule has 0 aliphatic carbocycles. The van der Waals surface area contributed by atoms with E-state index in [2.05, 4.69) is 39.3 Å². The molecule has 1 saturated heterocycles. The highest BCUT2D eigenvalue weighted by Crippen LogP contribution is 2.23. The van der Waals surface area contributed by atoms with Crippen LogP contribution in [0.15, 0.2) is 22.7 Å². The zero-order valence-corrected chi connectivity index (χ0v) is 11.7. The molecular weight excluding hydrogens is 288 g/mol. The highest BCUT2D eigenvalue weighted by Gasteiger charge is 2.19. The van der Waals surface area contributed by atoms with Gasteiger partial charge in [0.2, 0.25) is 0 Å². The van der Waals surface area contributed by atoms with Crippen LogP contribution in [0.2, 0.25) is 5.02 Å². The number of halogens is 2. The summed E-state index contributed by atoms with van der Waals surface area (Å²) in [4.78, 5) is 2.40. The number of nitrogens with one attached hydrogen (secondary N) is 1. The lowest BCUT2D eigenvalue weighted by Crippen LogP contribution is -2.32. The second kappa shape index (κ2) is 5.50. The van der Waals surface area contributed by atoms with Gasteiger partial charge in [0.25, 0.3) is 0 Å². The Morgan fingerprint density at radius 2 is 2.38 bits per heavy atom. The molecule has 16 heavy (non-hydrogen) atoms. The largest absolute Gasteiger partial charge is 0.315 e. The Morgan fingerprint density at radius 1 is 1.56 bits per heavy atom. The van der Waals surface area contributed by atoms with Crippen molar-refractivity contribution in [3.05, 3.63) is 33.3 Å². The highest BCUT2D eigenvalue weighted by atomic mass is 79.9. The van der Waals surface area contributed by atoms with Crippen LogP contribution in [0.4, 0.5) is 0 Å². The molecule has 1 heterocycles. The molecule has 2 rings (SSSR count). The summed E-state index contributed by atoms with van der Waals surface area (Å²) in [6, 6.07) is 6.65. The monoisotopic (exact) mass is 302 g/mol. The van der Waals surface area contributed by atoms with E-state index in [4.69, 9.17) is 11.6 Å². The third-order valence-electron chi connectivity index (χ3n) is 3.09. The van der Waals surface area contributed by atoms with Gasteiger partial charge < -0.3 is 5.32 Å². The van der Waals surface area contributed by atoms with Crippen LogP contribution in [0.5, 0.6) is 0 Å². The van der Waals surface area contributed by atoms with Gasteiger partial charge >= 0.3 is 0 Å². The Hall–Kier alpha value is -0.0900. The molecule has 1 aliphatic heterocycles. The van der Waals surface area contributed by atoms with Gasteiger partial charge in [-0.1, -0.05) is 33.6 Å². The maximum absolute atomic E-state index is 5.93. The van der Waals surface area contributed by atoms with Crippen molar-refractivity contribution in [2.75, 3.05) is 20.1 Å². The third-order valence-corrected chi connectivity index (χ3v) is 4.07. The van der Waals surface area contributed by atoms with Gasteiger partial charge in [0.15, 0.2) is 0 Å². The molecule has 0 amide bonds. The molecule has 1 unspecified atom stereocenters. The molecule has 0 aromatic heterocycles. The first-order valence-electron chi connectivity index (χ1n) is 5.51. The lowest BCUT2D eigenvalue weighted by Gasteiger charge is -2.24. The van der Waals surface area contributed by atoms with Crippen LogP contribution >= 0.6 is 27.5 Å². The van der Waals surface area contributed by atoms with Crippen molar-refractivity contribution in [1.29, 1.82) is 0 Å². The van der Waals surface area contributed by atoms with E-state index in [9.17, 15) is 0 Å². The van der Waals surface area contributed by atoms with Gasteiger partial charge in [-0.25, -0.2) is 0 Å². The topological polar surface area (TPSA) is 15.3 Å². The van der Waals surface area contributed by atoms with E-state index >= 15 is 0 Å². The van der Waals surface area contributed by atoms with Gasteiger partial charge in [-0.05, 0) is 37.7 Å². The van der Waals surface area contributed by atoms with Gasteiger partial charge in [0.05, 0.1) is 0 Å². The molecule has 1 aliphatic rings. The first kappa shape index (κ1) is 12.4. The number of benzene rings is 1. The maximum Gasteiger partial charge on any atom is 0.0417 e. The molecule has 1 atom stereocenters. The Balaban J connectivity index is 2.02. The maximum atomic E-state index is 5.93. The summed E-state index contributed by atoms with van der Waals surface area (Å²) in [5.74, 6) is 0. The number of hydrogen-bond acceptors (Lipinski definition) is 2. The molecule has 2 nitrogen and oxygen atoms in total. The minimum Gasteiger partial charge on any atom is -0.315 e. The number of rotatable bonds is 3. The highest BCUT2D eigenvalue weighted by molar-refractivity contribution is 9.10. The van der Waals surface area contributed by atoms with Gasteiger partial charge in [0.1, 0.15) is 0 Å². The molecule has 0 spiro atoms. The summed E-state index contributed by atoms with van der Waals surface area (Å²) in [6.07, 6.45) is 1.24. The Bertz CT molecular complexity index is 364. The van der Waals surface area contributed by atoms with Crippen LogP contribution in [-0.4, -0.2) is 31.1 Å². The predicted octanol–water partition coefficient (Wildman–Crippen LogP) is 2.90. The summed E-state index contributed by atoms with van der Waals surface area (Å²) in [7, 11) is 2.18. The molecule has 1 N–H and O–H groups in total. The molecule has 1 aromatic carbocycles. The zero-order chi connectivity index (χ0) is 11.5. The van der Waals surface area contributed by atoms with Crippen LogP contribution < -0.4 is 5.32 Å². The second-order valence-electron chi connectivity index (χ2n) is 4.30. The van der Waals surface area contributed by atoms with E-state index in [1.54, 1.807) is 0 Å². The summed E-state index contributed by atoms with van der Waals surface area (Å²) < 4.78 is 1.10. The van der Waals surface area contributed by atoms with Crippen LogP contribution in [-0.2, 0) is 6.54 Å². The zero-order valence-electron chi connectivity index (χ0n) is 9.34. The fraction of sp³-hybridized carbons (Fsp3) is 0.500. The SMILES string of the molecule is CN(Cc1ccc(Cl)cc1Br)C1CCNC1. The first-order valence-corrected chi connectivity index (χ1v) is 6.69. The summed E-state index contributed by atoms with van der Waals surface area (Å²) >= 11 is 9.48. The fourth-order valence-corrected chi connectivity index (χ4v) is 2.87. The van der Waals surface area contributed by atoms with Crippen molar-refractivity contribution in [1.82, 2.24) is 10.2 Å². The third kappa shape index (κ3) is 2.98. The lowest BCUT2D eigenvalue weighted by atomic mass is 10.1. The van der Waals surface area contributed by atoms with Crippen molar-refractivity contribution >= 4 is 27.5 Å². The first-order chi connectivity index (χ1) is 7.66. The average Bonchev–Trinajstić information content (AvgIpc) is 2.75. The summed E-state index contributed by atoms with van der Waals surface area (Å²) in [6.45, 7) is 3.20. The van der Waals surface area contributed by atoms with Crippen molar-refractivity contribution in [3.63, 3.8) is 0 Å². The molecule has 0 radical (unpaired) electrons. The molecule has 0 saturated carbocycles. The van der Waals surface area contributed by atoms with Gasteiger partial charge in [-0.3, -0.25) is 4.90 Å². The standard InChI is InChI=1S/C12H16BrClN2/c1-16(11-4-5-15-7-11)8-9-2-3-10(14)6-12(9)13/h2-3,6,11,15H,4-5,7-8H2,1H3. The Kier molecular flexibility index (Phi) is 4.25. The molecule has 4 heteroatoms. The van der Waals surface area contributed by atoms with Crippen LogP contribution in [0.25, 0.3) is 0 Å². The van der Waals surface area contributed by atoms with E-state index in [0.29, 0.717) is 6.04 Å². The fourth-order valence-electron chi connectivity index (χ4n) is 2.06. The smallest absolute Gasteiger partial charge is 0.0417 e. The van der Waals surface area contributed by atoms with Gasteiger partial charge in [-0.2, -0.15) is 0 Å². The molecule has 88 valence electrons. The van der Waals surface area contributed by atoms with Gasteiger partial charge in [-0.15, -0.1) is 0 Å². The van der Waals surface area contributed by atoms with Crippen molar-refractivity contribution in [3.8, 4) is 0 Å². The number of nitrogens with zero attached hydrogens (tertiary/aromatic N) is 1. The predicted molar refractivity (Wildman–Crippen MR) is 71.9 cm³/mol. The van der Waals surface area contributed by atoms with Crippen molar-refractivity contribution < 1.29 is 0 Å². The molecular formula is C12H16BrClN2. The quantitative estimate of drug-likeness (QED) is 0.924. The van der Waals surface area contributed by atoms with E-state index < -0.39 is 0 Å². The van der Waals surface area contributed by atoms with E-state index in [1.807, 2.05) is 12.1 Å². The van der Waals surface area contributed by atoms with Crippen molar-refractivity contribution in [2.24, 2.45) is 0 Å². The summed E-state index contributed by atoms with van der Waals surface area (Å²) in [5, 5.41) is 4.17. The Morgan fingerprint density at radius 3 is 3.00 bits per heavy atom. The van der Waals surface area contributed by atoms with E-state index in [-0.39, 0.29) is 0 Å². The van der Waals surface area contributed by atoms with E-state index in [1.165, 1.54) is 12.0 Å². The van der Waals surface area contributed by atoms with Crippen LogP contribution in [0.3, 0.4) is 0 Å². The lowest BCUT2D eigenvalue weighted by molar-refractivity contribution is 0.248.